The van der Waals surface area contributed by atoms with Crippen molar-refractivity contribution in [1.29, 1.82) is 0 Å². The van der Waals surface area contributed by atoms with Gasteiger partial charge in [0.15, 0.2) is 0 Å². The molecule has 0 radical (unpaired) electrons. The third-order valence-corrected chi connectivity index (χ3v) is 2.92. The SMILES string of the molecule is Cc1ccc(C(=O)N(C)CCOCCBr)cc1O. The fraction of sp³-hybridized carbons (Fsp3) is 0.462. The second-order valence-electron chi connectivity index (χ2n) is 4.03. The van der Waals surface area contributed by atoms with Crippen LogP contribution >= 0.6 is 15.9 Å². The van der Waals surface area contributed by atoms with Crippen molar-refractivity contribution in [3.8, 4) is 5.75 Å². The van der Waals surface area contributed by atoms with Crippen molar-refractivity contribution in [3.63, 3.8) is 0 Å². The molecule has 0 aliphatic carbocycles. The quantitative estimate of drug-likeness (QED) is 0.646. The maximum atomic E-state index is 12.0. The lowest BCUT2D eigenvalue weighted by atomic mass is 10.1. The first kappa shape index (κ1) is 15.0. The van der Waals surface area contributed by atoms with Gasteiger partial charge in [-0.25, -0.2) is 0 Å². The highest BCUT2D eigenvalue weighted by molar-refractivity contribution is 9.09. The predicted octanol–water partition coefficient (Wildman–Crippen LogP) is 2.18. The zero-order chi connectivity index (χ0) is 13.5. The summed E-state index contributed by atoms with van der Waals surface area (Å²) in [6.07, 6.45) is 0. The minimum absolute atomic E-state index is 0.118. The van der Waals surface area contributed by atoms with Crippen molar-refractivity contribution in [2.45, 2.75) is 6.92 Å². The summed E-state index contributed by atoms with van der Waals surface area (Å²) < 4.78 is 5.29. The molecule has 0 saturated heterocycles. The summed E-state index contributed by atoms with van der Waals surface area (Å²) in [7, 11) is 1.72. The molecule has 18 heavy (non-hydrogen) atoms. The van der Waals surface area contributed by atoms with Crippen LogP contribution in [0, 0.1) is 6.92 Å². The highest BCUT2D eigenvalue weighted by Gasteiger charge is 2.12. The van der Waals surface area contributed by atoms with Gasteiger partial charge >= 0.3 is 0 Å². The van der Waals surface area contributed by atoms with Crippen LogP contribution in [0.15, 0.2) is 18.2 Å². The van der Waals surface area contributed by atoms with E-state index in [4.69, 9.17) is 4.74 Å². The number of nitrogens with zero attached hydrogens (tertiary/aromatic N) is 1. The van der Waals surface area contributed by atoms with E-state index in [1.54, 1.807) is 31.0 Å². The molecule has 0 bridgehead atoms. The number of hydrogen-bond acceptors (Lipinski definition) is 3. The second kappa shape index (κ2) is 7.38. The van der Waals surface area contributed by atoms with E-state index in [1.165, 1.54) is 6.07 Å². The molecule has 0 spiro atoms. The molecule has 0 fully saturated rings. The standard InChI is InChI=1S/C13H18BrNO3/c1-10-3-4-11(9-12(10)16)13(17)15(2)6-8-18-7-5-14/h3-4,9,16H,5-8H2,1-2H3. The van der Waals surface area contributed by atoms with Gasteiger partial charge in [-0.05, 0) is 24.6 Å². The van der Waals surface area contributed by atoms with Crippen molar-refractivity contribution in [1.82, 2.24) is 4.90 Å². The number of rotatable bonds is 6. The molecule has 1 aromatic carbocycles. The number of alkyl halides is 1. The Morgan fingerprint density at radius 3 is 2.78 bits per heavy atom. The molecule has 1 N–H and O–H groups in total. The summed E-state index contributed by atoms with van der Waals surface area (Å²) in [5, 5.41) is 10.4. The zero-order valence-corrected chi connectivity index (χ0v) is 12.2. The Morgan fingerprint density at radius 2 is 2.17 bits per heavy atom. The van der Waals surface area contributed by atoms with Crippen LogP contribution in [0.2, 0.25) is 0 Å². The Balaban J connectivity index is 2.54. The number of halogens is 1. The van der Waals surface area contributed by atoms with Crippen LogP contribution in [0.4, 0.5) is 0 Å². The Bertz CT molecular complexity index is 409. The van der Waals surface area contributed by atoms with E-state index in [0.29, 0.717) is 25.3 Å². The largest absolute Gasteiger partial charge is 0.508 e. The lowest BCUT2D eigenvalue weighted by molar-refractivity contribution is 0.0712. The van der Waals surface area contributed by atoms with Gasteiger partial charge in [-0.15, -0.1) is 0 Å². The number of benzene rings is 1. The molecule has 0 aliphatic rings. The predicted molar refractivity (Wildman–Crippen MR) is 74.4 cm³/mol. The summed E-state index contributed by atoms with van der Waals surface area (Å²) in [6.45, 7) is 3.46. The van der Waals surface area contributed by atoms with Gasteiger partial charge in [0.2, 0.25) is 0 Å². The smallest absolute Gasteiger partial charge is 0.253 e. The van der Waals surface area contributed by atoms with Gasteiger partial charge in [-0.1, -0.05) is 22.0 Å². The molecule has 1 aromatic rings. The molecule has 4 nitrogen and oxygen atoms in total. The Morgan fingerprint density at radius 1 is 1.44 bits per heavy atom. The van der Waals surface area contributed by atoms with Crippen molar-refractivity contribution in [2.24, 2.45) is 0 Å². The minimum Gasteiger partial charge on any atom is -0.508 e. The summed E-state index contributed by atoms with van der Waals surface area (Å²) >= 11 is 3.26. The highest BCUT2D eigenvalue weighted by atomic mass is 79.9. The van der Waals surface area contributed by atoms with E-state index in [0.717, 1.165) is 10.9 Å². The van der Waals surface area contributed by atoms with E-state index in [9.17, 15) is 9.90 Å². The van der Waals surface area contributed by atoms with Gasteiger partial charge in [0.1, 0.15) is 5.75 Å². The van der Waals surface area contributed by atoms with E-state index >= 15 is 0 Å². The normalized spacial score (nSPS) is 10.4. The molecule has 1 rings (SSSR count). The minimum atomic E-state index is -0.118. The first-order valence-electron chi connectivity index (χ1n) is 5.75. The number of phenolic OH excluding ortho intramolecular Hbond substituents is 1. The first-order chi connectivity index (χ1) is 8.56. The average Bonchev–Trinajstić information content (AvgIpc) is 2.37. The highest BCUT2D eigenvalue weighted by Crippen LogP contribution is 2.18. The van der Waals surface area contributed by atoms with Gasteiger partial charge < -0.3 is 14.7 Å². The summed E-state index contributed by atoms with van der Waals surface area (Å²) in [6, 6.07) is 4.94. The number of carbonyl (C=O) groups is 1. The zero-order valence-electron chi connectivity index (χ0n) is 10.6. The molecule has 0 saturated carbocycles. The fourth-order valence-corrected chi connectivity index (χ4v) is 1.65. The maximum Gasteiger partial charge on any atom is 0.253 e. The summed E-state index contributed by atoms with van der Waals surface area (Å²) in [5.41, 5.74) is 1.25. The molecule has 0 atom stereocenters. The van der Waals surface area contributed by atoms with Crippen LogP contribution < -0.4 is 0 Å². The van der Waals surface area contributed by atoms with Crippen LogP contribution in [-0.2, 0) is 4.74 Å². The maximum absolute atomic E-state index is 12.0. The number of likely N-dealkylation sites (N-methyl/N-ethyl adjacent to an activating group) is 1. The Kier molecular flexibility index (Phi) is 6.15. The number of ether oxygens (including phenoxy) is 1. The third-order valence-electron chi connectivity index (χ3n) is 2.60. The number of aromatic hydroxyl groups is 1. The summed E-state index contributed by atoms with van der Waals surface area (Å²) in [5.74, 6) is 0.0255. The monoisotopic (exact) mass is 315 g/mol. The number of phenols is 1. The molecule has 100 valence electrons. The van der Waals surface area contributed by atoms with Gasteiger partial charge in [0.05, 0.1) is 13.2 Å². The fourth-order valence-electron chi connectivity index (χ4n) is 1.42. The molecule has 0 aliphatic heterocycles. The topological polar surface area (TPSA) is 49.8 Å². The van der Waals surface area contributed by atoms with Crippen molar-refractivity contribution < 1.29 is 14.6 Å². The van der Waals surface area contributed by atoms with Crippen molar-refractivity contribution in [2.75, 3.05) is 32.1 Å². The van der Waals surface area contributed by atoms with Crippen molar-refractivity contribution >= 4 is 21.8 Å². The molecule has 0 unspecified atom stereocenters. The third kappa shape index (κ3) is 4.31. The number of amides is 1. The number of aryl methyl sites for hydroxylation is 1. The lowest BCUT2D eigenvalue weighted by Gasteiger charge is -2.17. The average molecular weight is 316 g/mol. The number of hydrogen-bond donors (Lipinski definition) is 1. The van der Waals surface area contributed by atoms with Crippen molar-refractivity contribution in [3.05, 3.63) is 29.3 Å². The first-order valence-corrected chi connectivity index (χ1v) is 6.87. The van der Waals surface area contributed by atoms with Crippen LogP contribution in [0.1, 0.15) is 15.9 Å². The van der Waals surface area contributed by atoms with Gasteiger partial charge in [0, 0.05) is 24.5 Å². The molecule has 0 heterocycles. The van der Waals surface area contributed by atoms with E-state index < -0.39 is 0 Å². The molecular weight excluding hydrogens is 298 g/mol. The summed E-state index contributed by atoms with van der Waals surface area (Å²) in [4.78, 5) is 13.6. The van der Waals surface area contributed by atoms with Gasteiger partial charge in [-0.2, -0.15) is 0 Å². The lowest BCUT2D eigenvalue weighted by Crippen LogP contribution is -2.30. The second-order valence-corrected chi connectivity index (χ2v) is 4.82. The Hall–Kier alpha value is -1.07. The molecule has 1 amide bonds. The van der Waals surface area contributed by atoms with Gasteiger partial charge in [0.25, 0.3) is 5.91 Å². The Labute approximate surface area is 116 Å². The molecule has 0 aromatic heterocycles. The van der Waals surface area contributed by atoms with Crippen LogP contribution in [0.25, 0.3) is 0 Å². The van der Waals surface area contributed by atoms with Crippen LogP contribution in [0.5, 0.6) is 5.75 Å². The van der Waals surface area contributed by atoms with E-state index in [2.05, 4.69) is 15.9 Å². The van der Waals surface area contributed by atoms with Gasteiger partial charge in [-0.3, -0.25) is 4.79 Å². The number of carbonyl (C=O) groups excluding carboxylic acids is 1. The van der Waals surface area contributed by atoms with E-state index in [1.807, 2.05) is 0 Å². The van der Waals surface area contributed by atoms with E-state index in [-0.39, 0.29) is 11.7 Å². The van der Waals surface area contributed by atoms with Crippen LogP contribution in [-0.4, -0.2) is 48.0 Å². The molecular formula is C13H18BrNO3. The van der Waals surface area contributed by atoms with Crippen LogP contribution in [0.3, 0.4) is 0 Å². The molecule has 5 heteroatoms.